The van der Waals surface area contributed by atoms with Crippen LogP contribution in [0.25, 0.3) is 0 Å². The van der Waals surface area contributed by atoms with Crippen molar-refractivity contribution < 1.29 is 14.1 Å². The van der Waals surface area contributed by atoms with E-state index in [9.17, 15) is 19.3 Å². The van der Waals surface area contributed by atoms with Crippen LogP contribution in [-0.2, 0) is 5.88 Å². The number of nitro benzene ring substituents is 1. The molecule has 2 aromatic rings. The summed E-state index contributed by atoms with van der Waals surface area (Å²) < 4.78 is 13.4. The van der Waals surface area contributed by atoms with Crippen molar-refractivity contribution in [2.24, 2.45) is 0 Å². The summed E-state index contributed by atoms with van der Waals surface area (Å²) in [4.78, 5) is 21.6. The van der Waals surface area contributed by atoms with Crippen molar-refractivity contribution in [1.29, 1.82) is 0 Å². The van der Waals surface area contributed by atoms with Gasteiger partial charge in [-0.15, -0.1) is 11.6 Å². The molecule has 0 bridgehead atoms. The molecule has 0 spiro atoms. The first kappa shape index (κ1) is 14.9. The second kappa shape index (κ2) is 6.32. The van der Waals surface area contributed by atoms with Gasteiger partial charge in [-0.25, -0.2) is 0 Å². The zero-order valence-electron chi connectivity index (χ0n) is 10.7. The van der Waals surface area contributed by atoms with Crippen molar-refractivity contribution in [2.75, 3.05) is 5.32 Å². The molecule has 0 atom stereocenters. The summed E-state index contributed by atoms with van der Waals surface area (Å²) in [5.41, 5.74) is 0.751. The van der Waals surface area contributed by atoms with Gasteiger partial charge in [0.05, 0.1) is 4.92 Å². The average molecular weight is 309 g/mol. The van der Waals surface area contributed by atoms with Crippen molar-refractivity contribution in [3.05, 3.63) is 69.5 Å². The van der Waals surface area contributed by atoms with E-state index in [-0.39, 0.29) is 5.69 Å². The lowest BCUT2D eigenvalue weighted by atomic mass is 10.1. The van der Waals surface area contributed by atoms with E-state index in [0.29, 0.717) is 11.4 Å². The fraction of sp³-hybridized carbons (Fsp3) is 0.0714. The summed E-state index contributed by atoms with van der Waals surface area (Å²) in [6.45, 7) is 0. The highest BCUT2D eigenvalue weighted by atomic mass is 35.5. The summed E-state index contributed by atoms with van der Waals surface area (Å²) in [7, 11) is 0. The lowest BCUT2D eigenvalue weighted by molar-refractivity contribution is -0.387. The van der Waals surface area contributed by atoms with Crippen LogP contribution in [-0.4, -0.2) is 10.8 Å². The van der Waals surface area contributed by atoms with Crippen LogP contribution < -0.4 is 5.32 Å². The highest BCUT2D eigenvalue weighted by molar-refractivity contribution is 6.17. The quantitative estimate of drug-likeness (QED) is 0.531. The standard InChI is InChI=1S/C14H10ClFN2O3/c15-8-9-1-3-10(4-2-9)14(19)17-11-5-6-13(18(20)21)12(16)7-11/h1-7H,8H2,(H,17,19). The normalized spacial score (nSPS) is 10.2. The number of alkyl halides is 1. The van der Waals surface area contributed by atoms with Crippen molar-refractivity contribution in [3.63, 3.8) is 0 Å². The number of halogens is 2. The van der Waals surface area contributed by atoms with Gasteiger partial charge in [-0.3, -0.25) is 14.9 Å². The maximum absolute atomic E-state index is 13.4. The van der Waals surface area contributed by atoms with E-state index in [0.717, 1.165) is 17.7 Å². The molecule has 0 unspecified atom stereocenters. The molecule has 0 aromatic heterocycles. The minimum Gasteiger partial charge on any atom is -0.322 e. The molecule has 21 heavy (non-hydrogen) atoms. The molecule has 1 N–H and O–H groups in total. The molecule has 2 aromatic carbocycles. The van der Waals surface area contributed by atoms with Crippen LogP contribution in [0.2, 0.25) is 0 Å². The Morgan fingerprint density at radius 3 is 2.43 bits per heavy atom. The van der Waals surface area contributed by atoms with Gasteiger partial charge in [-0.1, -0.05) is 12.1 Å². The van der Waals surface area contributed by atoms with Gasteiger partial charge >= 0.3 is 5.69 Å². The summed E-state index contributed by atoms with van der Waals surface area (Å²) >= 11 is 5.65. The Labute approximate surface area is 124 Å². The molecule has 0 saturated heterocycles. The van der Waals surface area contributed by atoms with Crippen LogP contribution in [0.15, 0.2) is 42.5 Å². The Morgan fingerprint density at radius 2 is 1.90 bits per heavy atom. The van der Waals surface area contributed by atoms with Crippen molar-refractivity contribution >= 4 is 28.9 Å². The zero-order chi connectivity index (χ0) is 15.4. The monoisotopic (exact) mass is 308 g/mol. The van der Waals surface area contributed by atoms with E-state index in [1.165, 1.54) is 6.07 Å². The van der Waals surface area contributed by atoms with Crippen molar-refractivity contribution in [1.82, 2.24) is 0 Å². The largest absolute Gasteiger partial charge is 0.322 e. The van der Waals surface area contributed by atoms with Gasteiger partial charge in [0.25, 0.3) is 5.91 Å². The van der Waals surface area contributed by atoms with E-state index in [1.54, 1.807) is 24.3 Å². The number of nitrogens with zero attached hydrogens (tertiary/aromatic N) is 1. The van der Waals surface area contributed by atoms with Gasteiger partial charge < -0.3 is 5.32 Å². The number of nitrogens with one attached hydrogen (secondary N) is 1. The minimum absolute atomic E-state index is 0.143. The molecule has 0 aliphatic carbocycles. The summed E-state index contributed by atoms with van der Waals surface area (Å²) in [5, 5.41) is 13.0. The smallest absolute Gasteiger partial charge is 0.304 e. The van der Waals surface area contributed by atoms with Crippen LogP contribution in [0.3, 0.4) is 0 Å². The van der Waals surface area contributed by atoms with Crippen LogP contribution in [0.1, 0.15) is 15.9 Å². The topological polar surface area (TPSA) is 72.2 Å². The first-order valence-electron chi connectivity index (χ1n) is 5.91. The van der Waals surface area contributed by atoms with Crippen LogP contribution in [0.4, 0.5) is 15.8 Å². The van der Waals surface area contributed by atoms with Gasteiger partial charge in [0.15, 0.2) is 0 Å². The minimum atomic E-state index is -1.00. The molecule has 0 saturated carbocycles. The number of carbonyl (C=O) groups excluding carboxylic acids is 1. The number of hydrogen-bond acceptors (Lipinski definition) is 3. The lowest BCUT2D eigenvalue weighted by Gasteiger charge is -2.06. The fourth-order valence-corrected chi connectivity index (χ4v) is 1.86. The number of hydrogen-bond donors (Lipinski definition) is 1. The lowest BCUT2D eigenvalue weighted by Crippen LogP contribution is -2.12. The number of benzene rings is 2. The van der Waals surface area contributed by atoms with Crippen molar-refractivity contribution in [3.8, 4) is 0 Å². The Bertz CT molecular complexity index is 689. The van der Waals surface area contributed by atoms with Gasteiger partial charge in [-0.05, 0) is 23.8 Å². The molecule has 0 aliphatic rings. The first-order valence-corrected chi connectivity index (χ1v) is 6.45. The average Bonchev–Trinajstić information content (AvgIpc) is 2.47. The predicted molar refractivity (Wildman–Crippen MR) is 77.0 cm³/mol. The van der Waals surface area contributed by atoms with Crippen LogP contribution >= 0.6 is 11.6 Å². The van der Waals surface area contributed by atoms with Gasteiger partial charge in [0.2, 0.25) is 5.82 Å². The fourth-order valence-electron chi connectivity index (χ4n) is 1.68. The Morgan fingerprint density at radius 1 is 1.24 bits per heavy atom. The van der Waals surface area contributed by atoms with Crippen molar-refractivity contribution in [2.45, 2.75) is 5.88 Å². The van der Waals surface area contributed by atoms with E-state index >= 15 is 0 Å². The third-order valence-electron chi connectivity index (χ3n) is 2.77. The second-order valence-corrected chi connectivity index (χ2v) is 4.48. The van der Waals surface area contributed by atoms with Crippen LogP contribution in [0, 0.1) is 15.9 Å². The Kier molecular flexibility index (Phi) is 4.49. The number of amides is 1. The van der Waals surface area contributed by atoms with Crippen LogP contribution in [0.5, 0.6) is 0 Å². The molecule has 5 nitrogen and oxygen atoms in total. The molecule has 0 radical (unpaired) electrons. The molecule has 1 amide bonds. The van der Waals surface area contributed by atoms with Gasteiger partial charge in [0.1, 0.15) is 0 Å². The molecule has 0 heterocycles. The SMILES string of the molecule is O=C(Nc1ccc([N+](=O)[O-])c(F)c1)c1ccc(CCl)cc1. The third kappa shape index (κ3) is 3.55. The number of rotatable bonds is 4. The first-order chi connectivity index (χ1) is 10.0. The Hall–Kier alpha value is -2.47. The van der Waals surface area contributed by atoms with E-state index in [1.807, 2.05) is 0 Å². The maximum Gasteiger partial charge on any atom is 0.304 e. The molecular weight excluding hydrogens is 299 g/mol. The number of anilines is 1. The highest BCUT2D eigenvalue weighted by Crippen LogP contribution is 2.21. The molecule has 0 aliphatic heterocycles. The molecule has 0 fully saturated rings. The molecule has 2 rings (SSSR count). The van der Waals surface area contributed by atoms with E-state index < -0.39 is 22.3 Å². The summed E-state index contributed by atoms with van der Waals surface area (Å²) in [6.07, 6.45) is 0. The number of carbonyl (C=O) groups is 1. The number of nitro groups is 1. The maximum atomic E-state index is 13.4. The summed E-state index contributed by atoms with van der Waals surface area (Å²) in [6, 6.07) is 9.78. The van der Waals surface area contributed by atoms with E-state index in [4.69, 9.17) is 11.6 Å². The zero-order valence-corrected chi connectivity index (χ0v) is 11.4. The predicted octanol–water partition coefficient (Wildman–Crippen LogP) is 3.73. The molecule has 7 heteroatoms. The second-order valence-electron chi connectivity index (χ2n) is 4.21. The van der Waals surface area contributed by atoms with Gasteiger partial charge in [0, 0.05) is 29.3 Å². The molecular formula is C14H10ClFN2O3. The Balaban J connectivity index is 2.15. The van der Waals surface area contributed by atoms with E-state index in [2.05, 4.69) is 5.32 Å². The van der Waals surface area contributed by atoms with Gasteiger partial charge in [-0.2, -0.15) is 4.39 Å². The third-order valence-corrected chi connectivity index (χ3v) is 3.08. The summed E-state index contributed by atoms with van der Waals surface area (Å²) in [5.74, 6) is -1.10. The molecule has 108 valence electrons. The highest BCUT2D eigenvalue weighted by Gasteiger charge is 2.15.